The fraction of sp³-hybridized carbons (Fsp3) is 0.429. The summed E-state index contributed by atoms with van der Waals surface area (Å²) in [6.07, 6.45) is 3.89. The number of nitrogens with one attached hydrogen (secondary N) is 2. The molecule has 0 saturated carbocycles. The maximum absolute atomic E-state index is 4.36. The van der Waals surface area contributed by atoms with Crippen molar-refractivity contribution in [3.05, 3.63) is 36.0 Å². The number of aliphatic imine (C=N–C) groups is 1. The van der Waals surface area contributed by atoms with Crippen LogP contribution < -0.4 is 10.6 Å². The molecule has 0 saturated heterocycles. The molecule has 4 nitrogen and oxygen atoms in total. The summed E-state index contributed by atoms with van der Waals surface area (Å²) in [4.78, 5) is 11.3. The molecule has 0 spiro atoms. The van der Waals surface area contributed by atoms with E-state index < -0.39 is 0 Å². The van der Waals surface area contributed by atoms with Gasteiger partial charge in [0.05, 0.1) is 7.89 Å². The van der Waals surface area contributed by atoms with Gasteiger partial charge in [0.2, 0.25) is 0 Å². The molecule has 0 aromatic carbocycles. The second kappa shape index (κ2) is 10.8. The van der Waals surface area contributed by atoms with Crippen LogP contribution in [-0.2, 0) is 12.8 Å². The first-order chi connectivity index (χ1) is 10.2. The van der Waals surface area contributed by atoms with Gasteiger partial charge in [0.1, 0.15) is 0 Å². The van der Waals surface area contributed by atoms with Gasteiger partial charge in [-0.15, -0.1) is 46.7 Å². The molecule has 2 aromatic heterocycles. The Hall–Kier alpha value is 0.0600. The monoisotopic (exact) mass is 562 g/mol. The fourth-order valence-corrected chi connectivity index (χ4v) is 4.36. The van der Waals surface area contributed by atoms with Crippen molar-refractivity contribution in [2.75, 3.05) is 20.1 Å². The number of rotatable bonds is 6. The number of nitrogens with zero attached hydrogens (tertiary/aromatic N) is 2. The summed E-state index contributed by atoms with van der Waals surface area (Å²) in [5.74, 6) is 0.856. The number of hydrogen-bond acceptors (Lipinski definition) is 4. The molecule has 0 radical (unpaired) electrons. The molecule has 0 aliphatic carbocycles. The SMILES string of the molecule is CN=C(NCCc1ccc(I)s1)NCCc1ncc(C)s1.I. The highest BCUT2D eigenvalue weighted by atomic mass is 127. The molecule has 0 fully saturated rings. The second-order valence-electron chi connectivity index (χ2n) is 4.50. The standard InChI is InChI=1S/C14H19IN4S2.HI/c1-10-9-19-13(20-10)6-8-18-14(16-2)17-7-5-11-3-4-12(15)21-11;/h3-4,9H,5-8H2,1-2H3,(H2,16,17,18);1H. The Balaban J connectivity index is 0.00000242. The van der Waals surface area contributed by atoms with Gasteiger partial charge in [-0.25, -0.2) is 4.98 Å². The van der Waals surface area contributed by atoms with Crippen LogP contribution in [0.25, 0.3) is 0 Å². The number of thiazole rings is 1. The summed E-state index contributed by atoms with van der Waals surface area (Å²) in [6, 6.07) is 4.35. The molecule has 22 heavy (non-hydrogen) atoms. The summed E-state index contributed by atoms with van der Waals surface area (Å²) in [7, 11) is 1.80. The van der Waals surface area contributed by atoms with Crippen molar-refractivity contribution in [1.82, 2.24) is 15.6 Å². The van der Waals surface area contributed by atoms with Crippen LogP contribution in [0.3, 0.4) is 0 Å². The molecular weight excluding hydrogens is 542 g/mol. The third kappa shape index (κ3) is 7.09. The van der Waals surface area contributed by atoms with Gasteiger partial charge in [0, 0.05) is 42.5 Å². The van der Waals surface area contributed by atoms with Gasteiger partial charge < -0.3 is 10.6 Å². The predicted octanol–water partition coefficient (Wildman–Crippen LogP) is 3.69. The van der Waals surface area contributed by atoms with Gasteiger partial charge in [-0.2, -0.15) is 0 Å². The first-order valence-corrected chi connectivity index (χ1v) is 9.48. The van der Waals surface area contributed by atoms with E-state index in [1.165, 1.54) is 17.6 Å². The molecule has 2 rings (SSSR count). The van der Waals surface area contributed by atoms with E-state index in [2.05, 4.69) is 62.3 Å². The molecule has 2 N–H and O–H groups in total. The minimum atomic E-state index is 0. The van der Waals surface area contributed by atoms with Crippen molar-refractivity contribution in [1.29, 1.82) is 0 Å². The summed E-state index contributed by atoms with van der Waals surface area (Å²) in [5.41, 5.74) is 0. The maximum Gasteiger partial charge on any atom is 0.191 e. The van der Waals surface area contributed by atoms with Gasteiger partial charge in [-0.1, -0.05) is 0 Å². The van der Waals surface area contributed by atoms with Crippen LogP contribution in [0.15, 0.2) is 23.3 Å². The van der Waals surface area contributed by atoms with Crippen molar-refractivity contribution >= 4 is 75.2 Å². The topological polar surface area (TPSA) is 49.3 Å². The first kappa shape index (κ1) is 20.1. The van der Waals surface area contributed by atoms with E-state index in [1.807, 2.05) is 17.5 Å². The molecule has 0 aliphatic rings. The number of aryl methyl sites for hydroxylation is 1. The molecule has 0 amide bonds. The van der Waals surface area contributed by atoms with E-state index in [0.717, 1.165) is 31.9 Å². The first-order valence-electron chi connectivity index (χ1n) is 6.77. The Morgan fingerprint density at radius 2 is 1.95 bits per heavy atom. The van der Waals surface area contributed by atoms with Gasteiger partial charge in [0.25, 0.3) is 0 Å². The summed E-state index contributed by atoms with van der Waals surface area (Å²) >= 11 is 5.95. The van der Waals surface area contributed by atoms with E-state index in [-0.39, 0.29) is 24.0 Å². The summed E-state index contributed by atoms with van der Waals surface area (Å²) in [6.45, 7) is 3.83. The minimum Gasteiger partial charge on any atom is -0.356 e. The van der Waals surface area contributed by atoms with Crippen molar-refractivity contribution in [2.45, 2.75) is 19.8 Å². The summed E-state index contributed by atoms with van der Waals surface area (Å²) < 4.78 is 1.34. The van der Waals surface area contributed by atoms with Crippen LogP contribution in [0, 0.1) is 9.81 Å². The Morgan fingerprint density at radius 1 is 1.23 bits per heavy atom. The maximum atomic E-state index is 4.36. The van der Waals surface area contributed by atoms with Crippen molar-refractivity contribution in [3.8, 4) is 0 Å². The third-order valence-electron chi connectivity index (χ3n) is 2.82. The predicted molar refractivity (Wildman–Crippen MR) is 116 cm³/mol. The van der Waals surface area contributed by atoms with E-state index in [1.54, 1.807) is 18.4 Å². The Morgan fingerprint density at radius 3 is 2.50 bits per heavy atom. The van der Waals surface area contributed by atoms with Crippen molar-refractivity contribution in [3.63, 3.8) is 0 Å². The Labute approximate surface area is 170 Å². The highest BCUT2D eigenvalue weighted by Gasteiger charge is 2.02. The lowest BCUT2D eigenvalue weighted by Gasteiger charge is -2.10. The Kier molecular flexibility index (Phi) is 9.84. The van der Waals surface area contributed by atoms with Gasteiger partial charge in [-0.3, -0.25) is 4.99 Å². The normalized spacial score (nSPS) is 11.1. The van der Waals surface area contributed by atoms with Crippen molar-refractivity contribution < 1.29 is 0 Å². The van der Waals surface area contributed by atoms with Crippen LogP contribution in [0.2, 0.25) is 0 Å². The van der Waals surface area contributed by atoms with E-state index in [0.29, 0.717) is 0 Å². The van der Waals surface area contributed by atoms with Crippen LogP contribution in [0.1, 0.15) is 14.8 Å². The molecular formula is C14H20I2N4S2. The summed E-state index contributed by atoms with van der Waals surface area (Å²) in [5, 5.41) is 7.84. The molecule has 0 aliphatic heterocycles. The van der Waals surface area contributed by atoms with Gasteiger partial charge in [0.15, 0.2) is 5.96 Å². The van der Waals surface area contributed by atoms with Crippen LogP contribution in [0.4, 0.5) is 0 Å². The smallest absolute Gasteiger partial charge is 0.191 e. The quantitative estimate of drug-likeness (QED) is 0.321. The largest absolute Gasteiger partial charge is 0.356 e. The zero-order valence-corrected chi connectivity index (χ0v) is 18.7. The molecule has 0 atom stereocenters. The number of guanidine groups is 1. The average molecular weight is 562 g/mol. The van der Waals surface area contributed by atoms with Crippen molar-refractivity contribution in [2.24, 2.45) is 4.99 Å². The molecule has 122 valence electrons. The van der Waals surface area contributed by atoms with E-state index in [4.69, 9.17) is 0 Å². The number of aromatic nitrogens is 1. The fourth-order valence-electron chi connectivity index (χ4n) is 1.82. The molecule has 2 heterocycles. The number of halogens is 2. The zero-order chi connectivity index (χ0) is 15.1. The van der Waals surface area contributed by atoms with Crippen LogP contribution in [-0.4, -0.2) is 31.1 Å². The average Bonchev–Trinajstić information content (AvgIpc) is 3.06. The molecule has 8 heteroatoms. The van der Waals surface area contributed by atoms with Gasteiger partial charge >= 0.3 is 0 Å². The number of hydrogen-bond donors (Lipinski definition) is 2. The second-order valence-corrected chi connectivity index (χ2v) is 8.88. The molecule has 0 unspecified atom stereocenters. The van der Waals surface area contributed by atoms with E-state index in [9.17, 15) is 0 Å². The zero-order valence-electron chi connectivity index (χ0n) is 12.6. The lowest BCUT2D eigenvalue weighted by atomic mass is 10.3. The Bertz CT molecular complexity index is 547. The van der Waals surface area contributed by atoms with Crippen LogP contribution in [0.5, 0.6) is 0 Å². The molecule has 0 bridgehead atoms. The highest BCUT2D eigenvalue weighted by molar-refractivity contribution is 14.1. The minimum absolute atomic E-state index is 0. The van der Waals surface area contributed by atoms with Crippen LogP contribution >= 0.6 is 69.2 Å². The highest BCUT2D eigenvalue weighted by Crippen LogP contribution is 2.18. The van der Waals surface area contributed by atoms with Gasteiger partial charge in [-0.05, 0) is 48.1 Å². The lowest BCUT2D eigenvalue weighted by molar-refractivity contribution is 0.785. The number of thiophene rings is 1. The lowest BCUT2D eigenvalue weighted by Crippen LogP contribution is -2.39. The molecule has 2 aromatic rings. The third-order valence-corrected chi connectivity index (χ3v) is 5.74. The van der Waals surface area contributed by atoms with E-state index >= 15 is 0 Å².